The molecular formula is C10H11BO. The first-order chi connectivity index (χ1) is 5.79. The number of aryl methyl sites for hydroxylation is 1. The van der Waals surface area contributed by atoms with Crippen molar-refractivity contribution in [2.24, 2.45) is 0 Å². The van der Waals surface area contributed by atoms with Crippen molar-refractivity contribution in [3.63, 3.8) is 0 Å². The first-order valence-corrected chi connectivity index (χ1v) is 4.28. The van der Waals surface area contributed by atoms with Gasteiger partial charge in [-0.15, -0.1) is 0 Å². The Balaban J connectivity index is 2.66. The molecule has 12 heavy (non-hydrogen) atoms. The van der Waals surface area contributed by atoms with E-state index in [1.165, 1.54) is 10.8 Å². The summed E-state index contributed by atoms with van der Waals surface area (Å²) in [5, 5.41) is 1.21. The van der Waals surface area contributed by atoms with E-state index in [1.54, 1.807) is 0 Å². The maximum Gasteiger partial charge on any atom is 0.154 e. The minimum Gasteiger partial charge on any atom is -0.461 e. The molecule has 0 aliphatic rings. The molecule has 60 valence electrons. The molecule has 0 saturated carbocycles. The number of hydrogen-bond acceptors (Lipinski definition) is 1. The summed E-state index contributed by atoms with van der Waals surface area (Å²) in [6, 6.07) is 8.42. The Kier molecular flexibility index (Phi) is 1.68. The molecule has 0 radical (unpaired) electrons. The first-order valence-electron chi connectivity index (χ1n) is 4.28. The molecule has 0 aliphatic heterocycles. The zero-order valence-corrected chi connectivity index (χ0v) is 7.42. The van der Waals surface area contributed by atoms with Crippen molar-refractivity contribution in [3.05, 3.63) is 30.0 Å². The van der Waals surface area contributed by atoms with Crippen LogP contribution in [-0.2, 0) is 0 Å². The lowest BCUT2D eigenvalue weighted by Crippen LogP contribution is -2.08. The van der Waals surface area contributed by atoms with Crippen molar-refractivity contribution in [3.8, 4) is 0 Å². The third kappa shape index (κ3) is 1.13. The van der Waals surface area contributed by atoms with E-state index >= 15 is 0 Å². The molecule has 1 nitrogen and oxygen atoms in total. The lowest BCUT2D eigenvalue weighted by Gasteiger charge is -1.92. The third-order valence-electron chi connectivity index (χ3n) is 2.11. The van der Waals surface area contributed by atoms with Gasteiger partial charge in [0.25, 0.3) is 0 Å². The van der Waals surface area contributed by atoms with Gasteiger partial charge in [-0.25, -0.2) is 0 Å². The number of rotatable bonds is 1. The maximum atomic E-state index is 5.47. The molecule has 0 saturated heterocycles. The SMILES string of the molecule is CBc1ccc2oc(C)cc2c1. The second kappa shape index (κ2) is 2.70. The van der Waals surface area contributed by atoms with E-state index in [0.29, 0.717) is 0 Å². The summed E-state index contributed by atoms with van der Waals surface area (Å²) < 4.78 is 5.47. The predicted octanol–water partition coefficient (Wildman–Crippen LogP) is 1.85. The molecule has 2 rings (SSSR count). The molecule has 0 spiro atoms. The molecule has 2 aromatic rings. The molecule has 2 heteroatoms. The highest BCUT2D eigenvalue weighted by Gasteiger charge is 1.99. The quantitative estimate of drug-likeness (QED) is 0.577. The Hall–Kier alpha value is -1.18. The van der Waals surface area contributed by atoms with Crippen LogP contribution in [0.5, 0.6) is 0 Å². The van der Waals surface area contributed by atoms with Crippen molar-refractivity contribution in [2.45, 2.75) is 13.7 Å². The van der Waals surface area contributed by atoms with Crippen molar-refractivity contribution in [1.29, 1.82) is 0 Å². The van der Waals surface area contributed by atoms with E-state index in [9.17, 15) is 0 Å². The van der Waals surface area contributed by atoms with Crippen molar-refractivity contribution in [1.82, 2.24) is 0 Å². The topological polar surface area (TPSA) is 13.1 Å². The number of hydrogen-bond donors (Lipinski definition) is 0. The summed E-state index contributed by atoms with van der Waals surface area (Å²) in [4.78, 5) is 0. The normalized spacial score (nSPS) is 10.5. The molecule has 0 unspecified atom stereocenters. The third-order valence-corrected chi connectivity index (χ3v) is 2.11. The molecule has 0 bridgehead atoms. The zero-order valence-electron chi connectivity index (χ0n) is 7.42. The van der Waals surface area contributed by atoms with Crippen LogP contribution >= 0.6 is 0 Å². The van der Waals surface area contributed by atoms with Crippen LogP contribution in [0.25, 0.3) is 11.0 Å². The lowest BCUT2D eigenvalue weighted by molar-refractivity contribution is 0.578. The summed E-state index contributed by atoms with van der Waals surface area (Å²) in [7, 11) is 1.08. The summed E-state index contributed by atoms with van der Waals surface area (Å²) in [5.74, 6) is 0.984. The van der Waals surface area contributed by atoms with Gasteiger partial charge < -0.3 is 4.42 Å². The van der Waals surface area contributed by atoms with Gasteiger partial charge in [0, 0.05) is 5.39 Å². The van der Waals surface area contributed by atoms with E-state index in [2.05, 4.69) is 25.0 Å². The average molecular weight is 158 g/mol. The van der Waals surface area contributed by atoms with Gasteiger partial charge in [-0.05, 0) is 19.1 Å². The highest BCUT2D eigenvalue weighted by Crippen LogP contribution is 2.16. The Morgan fingerprint density at radius 1 is 1.25 bits per heavy atom. The minimum atomic E-state index is 0.984. The first kappa shape index (κ1) is 7.47. The van der Waals surface area contributed by atoms with Crippen molar-refractivity contribution >= 4 is 23.7 Å². The van der Waals surface area contributed by atoms with Gasteiger partial charge in [-0.2, -0.15) is 0 Å². The van der Waals surface area contributed by atoms with Gasteiger partial charge in [0.1, 0.15) is 11.3 Å². The van der Waals surface area contributed by atoms with E-state index in [-0.39, 0.29) is 0 Å². The van der Waals surface area contributed by atoms with Crippen LogP contribution in [0.4, 0.5) is 0 Å². The Morgan fingerprint density at radius 2 is 2.08 bits per heavy atom. The fourth-order valence-corrected chi connectivity index (χ4v) is 1.45. The van der Waals surface area contributed by atoms with Gasteiger partial charge in [0.05, 0.1) is 0 Å². The Labute approximate surface area is 72.6 Å². The highest BCUT2D eigenvalue weighted by atomic mass is 16.3. The van der Waals surface area contributed by atoms with Gasteiger partial charge >= 0.3 is 0 Å². The van der Waals surface area contributed by atoms with Gasteiger partial charge in [-0.1, -0.05) is 24.4 Å². The molecule has 0 atom stereocenters. The van der Waals surface area contributed by atoms with Crippen LogP contribution in [0.3, 0.4) is 0 Å². The van der Waals surface area contributed by atoms with E-state index < -0.39 is 0 Å². The fraction of sp³-hybridized carbons (Fsp3) is 0.200. The smallest absolute Gasteiger partial charge is 0.154 e. The van der Waals surface area contributed by atoms with Crippen LogP contribution in [0.1, 0.15) is 5.76 Å². The summed E-state index contributed by atoms with van der Waals surface area (Å²) in [6.07, 6.45) is 0. The average Bonchev–Trinajstić information content (AvgIpc) is 2.43. The second-order valence-corrected chi connectivity index (χ2v) is 3.08. The van der Waals surface area contributed by atoms with Gasteiger partial charge in [-0.3, -0.25) is 0 Å². The molecule has 0 N–H and O–H groups in total. The standard InChI is InChI=1S/C10H11BO/c1-7-5-8-6-9(11-2)3-4-10(8)12-7/h3-6,11H,1-2H3. The Bertz CT molecular complexity index is 403. The molecule has 1 heterocycles. The molecule has 0 fully saturated rings. The second-order valence-electron chi connectivity index (χ2n) is 3.08. The monoisotopic (exact) mass is 158 g/mol. The molecular weight excluding hydrogens is 147 g/mol. The molecule has 0 amide bonds. The van der Waals surface area contributed by atoms with Crippen LogP contribution in [-0.4, -0.2) is 7.28 Å². The number of furan rings is 1. The predicted molar refractivity (Wildman–Crippen MR) is 53.6 cm³/mol. The van der Waals surface area contributed by atoms with Crippen LogP contribution in [0.2, 0.25) is 6.82 Å². The highest BCUT2D eigenvalue weighted by molar-refractivity contribution is 6.52. The zero-order chi connectivity index (χ0) is 8.55. The number of fused-ring (bicyclic) bond motifs is 1. The van der Waals surface area contributed by atoms with Crippen molar-refractivity contribution < 1.29 is 4.42 Å². The van der Waals surface area contributed by atoms with Crippen LogP contribution in [0, 0.1) is 6.92 Å². The largest absolute Gasteiger partial charge is 0.461 e. The molecule has 1 aromatic carbocycles. The summed E-state index contributed by atoms with van der Waals surface area (Å²) in [5.41, 5.74) is 2.35. The molecule has 0 aliphatic carbocycles. The summed E-state index contributed by atoms with van der Waals surface area (Å²) >= 11 is 0. The minimum absolute atomic E-state index is 0.984. The number of benzene rings is 1. The van der Waals surface area contributed by atoms with E-state index in [0.717, 1.165) is 18.6 Å². The Morgan fingerprint density at radius 3 is 2.83 bits per heavy atom. The van der Waals surface area contributed by atoms with E-state index in [1.807, 2.05) is 13.0 Å². The maximum absolute atomic E-state index is 5.47. The van der Waals surface area contributed by atoms with E-state index in [4.69, 9.17) is 4.42 Å². The van der Waals surface area contributed by atoms with Crippen LogP contribution in [0.15, 0.2) is 28.7 Å². The van der Waals surface area contributed by atoms with Gasteiger partial charge in [0.2, 0.25) is 0 Å². The van der Waals surface area contributed by atoms with Crippen molar-refractivity contribution in [2.75, 3.05) is 0 Å². The van der Waals surface area contributed by atoms with Gasteiger partial charge in [0.15, 0.2) is 7.28 Å². The summed E-state index contributed by atoms with van der Waals surface area (Å²) in [6.45, 7) is 4.14. The fourth-order valence-electron chi connectivity index (χ4n) is 1.45. The van der Waals surface area contributed by atoms with Crippen LogP contribution < -0.4 is 5.46 Å². The molecule has 1 aromatic heterocycles. The lowest BCUT2D eigenvalue weighted by atomic mass is 9.73.